The monoisotopic (exact) mass is 277 g/mol. The SMILES string of the molecule is Cc1ccc(Cl)cc1S(=O)(=O)NCC(C)CO. The molecule has 1 aromatic carbocycles. The van der Waals surface area contributed by atoms with Gasteiger partial charge in [0.15, 0.2) is 0 Å². The van der Waals surface area contributed by atoms with Gasteiger partial charge in [-0.25, -0.2) is 13.1 Å². The highest BCUT2D eigenvalue weighted by Gasteiger charge is 2.17. The fourth-order valence-corrected chi connectivity index (χ4v) is 2.93. The maximum absolute atomic E-state index is 12.0. The van der Waals surface area contributed by atoms with E-state index in [-0.39, 0.29) is 24.0 Å². The molecule has 0 heterocycles. The lowest BCUT2D eigenvalue weighted by Crippen LogP contribution is -2.30. The van der Waals surface area contributed by atoms with Gasteiger partial charge in [0.25, 0.3) is 0 Å². The molecule has 1 aromatic rings. The number of aliphatic hydroxyl groups is 1. The van der Waals surface area contributed by atoms with E-state index in [1.807, 2.05) is 0 Å². The molecule has 0 aliphatic carbocycles. The molecule has 96 valence electrons. The van der Waals surface area contributed by atoms with E-state index in [1.54, 1.807) is 26.0 Å². The van der Waals surface area contributed by atoms with Gasteiger partial charge in [-0.05, 0) is 30.5 Å². The lowest BCUT2D eigenvalue weighted by molar-refractivity contribution is 0.238. The summed E-state index contributed by atoms with van der Waals surface area (Å²) in [5.74, 6) is -0.121. The van der Waals surface area contributed by atoms with Crippen LogP contribution in [0.1, 0.15) is 12.5 Å². The molecule has 0 aliphatic heterocycles. The first-order chi connectivity index (χ1) is 7.86. The number of halogens is 1. The average Bonchev–Trinajstić information content (AvgIpc) is 2.29. The Morgan fingerprint density at radius 1 is 1.47 bits per heavy atom. The highest BCUT2D eigenvalue weighted by molar-refractivity contribution is 7.89. The van der Waals surface area contributed by atoms with Crippen LogP contribution in [-0.2, 0) is 10.0 Å². The van der Waals surface area contributed by atoms with Crippen LogP contribution >= 0.6 is 11.6 Å². The topological polar surface area (TPSA) is 66.4 Å². The summed E-state index contributed by atoms with van der Waals surface area (Å²) in [6.45, 7) is 3.61. The summed E-state index contributed by atoms with van der Waals surface area (Å²) in [6.07, 6.45) is 0. The zero-order chi connectivity index (χ0) is 13.1. The minimum Gasteiger partial charge on any atom is -0.396 e. The molecule has 0 aromatic heterocycles. The third-order valence-electron chi connectivity index (χ3n) is 2.37. The number of aliphatic hydroxyl groups excluding tert-OH is 1. The Hall–Kier alpha value is -0.620. The van der Waals surface area contributed by atoms with Gasteiger partial charge in [-0.15, -0.1) is 0 Å². The predicted molar refractivity (Wildman–Crippen MR) is 67.6 cm³/mol. The summed E-state index contributed by atoms with van der Waals surface area (Å²) in [4.78, 5) is 0.176. The zero-order valence-electron chi connectivity index (χ0n) is 9.77. The Bertz CT molecular complexity index is 487. The number of hydrogen-bond donors (Lipinski definition) is 2. The fourth-order valence-electron chi connectivity index (χ4n) is 1.26. The lowest BCUT2D eigenvalue weighted by atomic mass is 10.2. The van der Waals surface area contributed by atoms with Gasteiger partial charge in [0.2, 0.25) is 10.0 Å². The summed E-state index contributed by atoms with van der Waals surface area (Å²) in [6, 6.07) is 4.72. The summed E-state index contributed by atoms with van der Waals surface area (Å²) >= 11 is 5.78. The molecule has 6 heteroatoms. The van der Waals surface area contributed by atoms with Crippen molar-refractivity contribution in [2.24, 2.45) is 5.92 Å². The van der Waals surface area contributed by atoms with E-state index in [9.17, 15) is 8.42 Å². The molecule has 0 aliphatic rings. The molecule has 0 saturated carbocycles. The van der Waals surface area contributed by atoms with Crippen LogP contribution in [0.15, 0.2) is 23.1 Å². The highest BCUT2D eigenvalue weighted by Crippen LogP contribution is 2.19. The Labute approximate surface area is 107 Å². The van der Waals surface area contributed by atoms with Crippen molar-refractivity contribution in [1.29, 1.82) is 0 Å². The minimum atomic E-state index is -3.56. The van der Waals surface area contributed by atoms with Crippen molar-refractivity contribution in [3.63, 3.8) is 0 Å². The summed E-state index contributed by atoms with van der Waals surface area (Å²) in [7, 11) is -3.56. The molecule has 0 fully saturated rings. The first-order valence-electron chi connectivity index (χ1n) is 5.23. The number of benzene rings is 1. The van der Waals surface area contributed by atoms with Gasteiger partial charge < -0.3 is 5.11 Å². The van der Waals surface area contributed by atoms with Crippen LogP contribution in [0.5, 0.6) is 0 Å². The van der Waals surface area contributed by atoms with E-state index in [4.69, 9.17) is 16.7 Å². The largest absolute Gasteiger partial charge is 0.396 e. The molecule has 0 amide bonds. The average molecular weight is 278 g/mol. The number of hydrogen-bond acceptors (Lipinski definition) is 3. The number of sulfonamides is 1. The van der Waals surface area contributed by atoms with E-state index in [2.05, 4.69) is 4.72 Å². The molecule has 2 N–H and O–H groups in total. The Morgan fingerprint density at radius 2 is 2.12 bits per heavy atom. The second kappa shape index (κ2) is 5.82. The Morgan fingerprint density at radius 3 is 2.71 bits per heavy atom. The summed E-state index contributed by atoms with van der Waals surface area (Å²) < 4.78 is 26.4. The highest BCUT2D eigenvalue weighted by atomic mass is 35.5. The molecule has 0 bridgehead atoms. The maximum atomic E-state index is 12.0. The molecule has 1 rings (SSSR count). The van der Waals surface area contributed by atoms with Crippen molar-refractivity contribution in [2.75, 3.05) is 13.2 Å². The van der Waals surface area contributed by atoms with Crippen LogP contribution in [-0.4, -0.2) is 26.7 Å². The standard InChI is InChI=1S/C11H16ClNO3S/c1-8(7-14)6-13-17(15,16)11-5-10(12)4-3-9(11)2/h3-5,8,13-14H,6-7H2,1-2H3. The second-order valence-electron chi connectivity index (χ2n) is 4.05. The Kier molecular flexibility index (Phi) is 4.94. The first kappa shape index (κ1) is 14.4. The molecule has 0 saturated heterocycles. The minimum absolute atomic E-state index is 0.0585. The molecule has 1 unspecified atom stereocenters. The third-order valence-corrected chi connectivity index (χ3v) is 4.17. The van der Waals surface area contributed by atoms with E-state index in [1.165, 1.54) is 6.07 Å². The number of aryl methyl sites for hydroxylation is 1. The quantitative estimate of drug-likeness (QED) is 0.858. The smallest absolute Gasteiger partial charge is 0.240 e. The molecular formula is C11H16ClNO3S. The van der Waals surface area contributed by atoms with E-state index in [0.29, 0.717) is 10.6 Å². The second-order valence-corrected chi connectivity index (χ2v) is 6.22. The van der Waals surface area contributed by atoms with Crippen molar-refractivity contribution >= 4 is 21.6 Å². The van der Waals surface area contributed by atoms with E-state index >= 15 is 0 Å². The van der Waals surface area contributed by atoms with Crippen molar-refractivity contribution in [3.05, 3.63) is 28.8 Å². The number of rotatable bonds is 5. The van der Waals surface area contributed by atoms with Crippen molar-refractivity contribution in [3.8, 4) is 0 Å². The molecule has 0 spiro atoms. The van der Waals surface area contributed by atoms with Crippen LogP contribution in [0.25, 0.3) is 0 Å². The molecular weight excluding hydrogens is 262 g/mol. The van der Waals surface area contributed by atoms with Gasteiger partial charge in [0.05, 0.1) is 4.90 Å². The van der Waals surface area contributed by atoms with Gasteiger partial charge in [0, 0.05) is 18.2 Å². The lowest BCUT2D eigenvalue weighted by Gasteiger charge is -2.12. The molecule has 0 radical (unpaired) electrons. The van der Waals surface area contributed by atoms with Crippen molar-refractivity contribution in [2.45, 2.75) is 18.7 Å². The molecule has 4 nitrogen and oxygen atoms in total. The zero-order valence-corrected chi connectivity index (χ0v) is 11.3. The summed E-state index contributed by atoms with van der Waals surface area (Å²) in [5.41, 5.74) is 0.638. The summed E-state index contributed by atoms with van der Waals surface area (Å²) in [5, 5.41) is 9.23. The van der Waals surface area contributed by atoms with Crippen LogP contribution in [0.2, 0.25) is 5.02 Å². The molecule has 1 atom stereocenters. The predicted octanol–water partition coefficient (Wildman–Crippen LogP) is 1.56. The Balaban J connectivity index is 2.93. The van der Waals surface area contributed by atoms with Crippen LogP contribution in [0.3, 0.4) is 0 Å². The van der Waals surface area contributed by atoms with Crippen LogP contribution in [0, 0.1) is 12.8 Å². The molecule has 17 heavy (non-hydrogen) atoms. The maximum Gasteiger partial charge on any atom is 0.240 e. The van der Waals surface area contributed by atoms with Gasteiger partial charge in [-0.2, -0.15) is 0 Å². The van der Waals surface area contributed by atoms with E-state index in [0.717, 1.165) is 0 Å². The van der Waals surface area contributed by atoms with Gasteiger partial charge in [-0.3, -0.25) is 0 Å². The van der Waals surface area contributed by atoms with Crippen LogP contribution < -0.4 is 4.72 Å². The third kappa shape index (κ3) is 3.96. The normalized spacial score (nSPS) is 13.6. The number of nitrogens with one attached hydrogen (secondary N) is 1. The first-order valence-corrected chi connectivity index (χ1v) is 7.09. The van der Waals surface area contributed by atoms with Gasteiger partial charge in [-0.1, -0.05) is 24.6 Å². The fraction of sp³-hybridized carbons (Fsp3) is 0.455. The van der Waals surface area contributed by atoms with Gasteiger partial charge in [0.1, 0.15) is 0 Å². The van der Waals surface area contributed by atoms with Crippen LogP contribution in [0.4, 0.5) is 0 Å². The van der Waals surface area contributed by atoms with Crippen molar-refractivity contribution in [1.82, 2.24) is 4.72 Å². The van der Waals surface area contributed by atoms with Crippen molar-refractivity contribution < 1.29 is 13.5 Å². The van der Waals surface area contributed by atoms with E-state index < -0.39 is 10.0 Å². The van der Waals surface area contributed by atoms with Gasteiger partial charge >= 0.3 is 0 Å².